The van der Waals surface area contributed by atoms with Gasteiger partial charge >= 0.3 is 0 Å². The van der Waals surface area contributed by atoms with Crippen molar-refractivity contribution in [1.29, 1.82) is 0 Å². The van der Waals surface area contributed by atoms with Crippen LogP contribution in [0.15, 0.2) is 53.5 Å². The lowest BCUT2D eigenvalue weighted by atomic mass is 10.1. The van der Waals surface area contributed by atoms with E-state index in [-0.39, 0.29) is 18.3 Å². The van der Waals surface area contributed by atoms with Crippen molar-refractivity contribution in [2.75, 3.05) is 33.0 Å². The summed E-state index contributed by atoms with van der Waals surface area (Å²) in [6.07, 6.45) is 1.69. The molecule has 8 nitrogen and oxygen atoms in total. The van der Waals surface area contributed by atoms with Crippen molar-refractivity contribution in [3.63, 3.8) is 0 Å². The zero-order valence-electron chi connectivity index (χ0n) is 19.3. The molecule has 0 aliphatic carbocycles. The Labute approximate surface area is 196 Å². The molecule has 0 unspecified atom stereocenters. The molecule has 8 heteroatoms. The Morgan fingerprint density at radius 3 is 2.56 bits per heavy atom. The lowest BCUT2D eigenvalue weighted by Gasteiger charge is -2.35. The van der Waals surface area contributed by atoms with Crippen molar-refractivity contribution in [2.24, 2.45) is 14.1 Å². The number of hydrogen-bond donors (Lipinski definition) is 0. The molecule has 0 bridgehead atoms. The maximum absolute atomic E-state index is 13.7. The highest BCUT2D eigenvalue weighted by Gasteiger charge is 2.27. The van der Waals surface area contributed by atoms with Gasteiger partial charge in [-0.1, -0.05) is 24.3 Å². The fourth-order valence-corrected chi connectivity index (χ4v) is 5.14. The maximum Gasteiger partial charge on any atom is 0.274 e. The van der Waals surface area contributed by atoms with Gasteiger partial charge in [-0.15, -0.1) is 0 Å². The van der Waals surface area contributed by atoms with Gasteiger partial charge in [0.15, 0.2) is 11.5 Å². The van der Waals surface area contributed by atoms with Crippen molar-refractivity contribution < 1.29 is 14.3 Å². The molecule has 6 rings (SSSR count). The SMILES string of the molecule is Cn1cc(C(=O)N2CCN(Cc3ccc4c(c3)OCO4)CC2)c2c3ccccc3n(C)c2c1=O. The Hall–Kier alpha value is -3.78. The summed E-state index contributed by atoms with van der Waals surface area (Å²) >= 11 is 0. The molecule has 2 aromatic heterocycles. The Balaban J connectivity index is 1.25. The molecular formula is C26H26N4O4. The van der Waals surface area contributed by atoms with Crippen LogP contribution < -0.4 is 15.0 Å². The highest BCUT2D eigenvalue weighted by molar-refractivity contribution is 6.17. The van der Waals surface area contributed by atoms with Gasteiger partial charge in [0.1, 0.15) is 5.52 Å². The van der Waals surface area contributed by atoms with Crippen LogP contribution in [0.4, 0.5) is 0 Å². The van der Waals surface area contributed by atoms with E-state index in [1.807, 2.05) is 52.9 Å². The van der Waals surface area contributed by atoms with Gasteiger partial charge in [-0.2, -0.15) is 0 Å². The van der Waals surface area contributed by atoms with Crippen molar-refractivity contribution in [3.8, 4) is 11.5 Å². The first-order chi connectivity index (χ1) is 16.5. The number of ether oxygens (including phenoxy) is 2. The summed E-state index contributed by atoms with van der Waals surface area (Å²) in [5.41, 5.74) is 3.16. The Morgan fingerprint density at radius 1 is 0.971 bits per heavy atom. The topological polar surface area (TPSA) is 68.9 Å². The minimum absolute atomic E-state index is 0.0281. The number of nitrogens with zero attached hydrogens (tertiary/aromatic N) is 4. The van der Waals surface area contributed by atoms with Gasteiger partial charge in [0.05, 0.1) is 5.56 Å². The van der Waals surface area contributed by atoms with Gasteiger partial charge in [-0.25, -0.2) is 0 Å². The summed E-state index contributed by atoms with van der Waals surface area (Å²) in [7, 11) is 3.59. The van der Waals surface area contributed by atoms with Gasteiger partial charge in [-0.05, 0) is 23.8 Å². The van der Waals surface area contributed by atoms with E-state index in [2.05, 4.69) is 11.0 Å². The number of amides is 1. The molecule has 174 valence electrons. The van der Waals surface area contributed by atoms with Gasteiger partial charge in [0.2, 0.25) is 6.79 Å². The van der Waals surface area contributed by atoms with Crippen LogP contribution in [-0.2, 0) is 20.6 Å². The maximum atomic E-state index is 13.7. The lowest BCUT2D eigenvalue weighted by molar-refractivity contribution is 0.0629. The lowest BCUT2D eigenvalue weighted by Crippen LogP contribution is -2.48. The molecule has 2 aliphatic heterocycles. The molecule has 1 fully saturated rings. The third kappa shape index (κ3) is 3.25. The second-order valence-electron chi connectivity index (χ2n) is 9.01. The van der Waals surface area contributed by atoms with E-state index in [9.17, 15) is 9.59 Å². The average molecular weight is 459 g/mol. The molecule has 0 N–H and O–H groups in total. The molecule has 4 heterocycles. The number of fused-ring (bicyclic) bond motifs is 4. The van der Waals surface area contributed by atoms with Crippen LogP contribution in [0.3, 0.4) is 0 Å². The number of carbonyl (C=O) groups excluding carboxylic acids is 1. The van der Waals surface area contributed by atoms with E-state index in [1.54, 1.807) is 13.2 Å². The third-order valence-electron chi connectivity index (χ3n) is 6.96. The second-order valence-corrected chi connectivity index (χ2v) is 9.01. The number of aryl methyl sites for hydroxylation is 2. The fourth-order valence-electron chi connectivity index (χ4n) is 5.14. The summed E-state index contributed by atoms with van der Waals surface area (Å²) in [6, 6.07) is 13.9. The smallest absolute Gasteiger partial charge is 0.274 e. The highest BCUT2D eigenvalue weighted by atomic mass is 16.7. The number of para-hydroxylation sites is 1. The van der Waals surface area contributed by atoms with Crippen LogP contribution in [0.5, 0.6) is 11.5 Å². The van der Waals surface area contributed by atoms with Crippen LogP contribution in [0.2, 0.25) is 0 Å². The molecule has 1 amide bonds. The summed E-state index contributed by atoms with van der Waals surface area (Å²) in [4.78, 5) is 30.9. The van der Waals surface area contributed by atoms with Crippen LogP contribution in [-0.4, -0.2) is 57.8 Å². The number of hydrogen-bond acceptors (Lipinski definition) is 5. The minimum Gasteiger partial charge on any atom is -0.454 e. The van der Waals surface area contributed by atoms with E-state index < -0.39 is 0 Å². The second kappa shape index (κ2) is 7.92. The largest absolute Gasteiger partial charge is 0.454 e. The van der Waals surface area contributed by atoms with Crippen molar-refractivity contribution in [2.45, 2.75) is 6.54 Å². The zero-order chi connectivity index (χ0) is 23.4. The quantitative estimate of drug-likeness (QED) is 0.472. The number of piperazine rings is 1. The van der Waals surface area contributed by atoms with Crippen LogP contribution in [0.25, 0.3) is 21.8 Å². The van der Waals surface area contributed by atoms with E-state index in [0.29, 0.717) is 24.2 Å². The predicted octanol–water partition coefficient (Wildman–Crippen LogP) is 2.72. The average Bonchev–Trinajstić information content (AvgIpc) is 3.44. The first-order valence-corrected chi connectivity index (χ1v) is 11.5. The summed E-state index contributed by atoms with van der Waals surface area (Å²) in [5.74, 6) is 1.55. The molecule has 0 atom stereocenters. The van der Waals surface area contributed by atoms with E-state index in [1.165, 1.54) is 10.1 Å². The number of pyridine rings is 1. The van der Waals surface area contributed by atoms with E-state index in [4.69, 9.17) is 9.47 Å². The first-order valence-electron chi connectivity index (χ1n) is 11.5. The van der Waals surface area contributed by atoms with Crippen molar-refractivity contribution >= 4 is 27.7 Å². The Bertz CT molecular complexity index is 1490. The van der Waals surface area contributed by atoms with Gasteiger partial charge in [0.25, 0.3) is 11.5 Å². The Morgan fingerprint density at radius 2 is 1.74 bits per heavy atom. The number of aromatic nitrogens is 2. The van der Waals surface area contributed by atoms with Crippen molar-refractivity contribution in [1.82, 2.24) is 18.9 Å². The standard InChI is InChI=1S/C26H26N4O4/c1-27-15-19(23-18-5-3-4-6-20(18)28(2)24(23)26(27)32)25(31)30-11-9-29(10-12-30)14-17-7-8-21-22(13-17)34-16-33-21/h3-8,13,15H,9-12,14,16H2,1-2H3. The molecule has 0 spiro atoms. The highest BCUT2D eigenvalue weighted by Crippen LogP contribution is 2.33. The van der Waals surface area contributed by atoms with Gasteiger partial charge in [-0.3, -0.25) is 14.5 Å². The number of benzene rings is 2. The number of rotatable bonds is 3. The first kappa shape index (κ1) is 20.8. The van der Waals surface area contributed by atoms with Gasteiger partial charge in [0, 0.05) is 69.3 Å². The minimum atomic E-state index is -0.0983. The monoisotopic (exact) mass is 458 g/mol. The molecule has 2 aliphatic rings. The molecule has 34 heavy (non-hydrogen) atoms. The molecule has 2 aromatic carbocycles. The Kier molecular flexibility index (Phi) is 4.84. The van der Waals surface area contributed by atoms with Crippen molar-refractivity contribution in [3.05, 3.63) is 70.1 Å². The molecule has 0 radical (unpaired) electrons. The molecular weight excluding hydrogens is 432 g/mol. The summed E-state index contributed by atoms with van der Waals surface area (Å²) in [5, 5.41) is 1.68. The summed E-state index contributed by atoms with van der Waals surface area (Å²) < 4.78 is 14.3. The molecule has 0 saturated carbocycles. The van der Waals surface area contributed by atoms with E-state index >= 15 is 0 Å². The third-order valence-corrected chi connectivity index (χ3v) is 6.96. The molecule has 4 aromatic rings. The van der Waals surface area contributed by atoms with Crippen LogP contribution in [0, 0.1) is 0 Å². The predicted molar refractivity (Wildman–Crippen MR) is 129 cm³/mol. The van der Waals surface area contributed by atoms with Gasteiger partial charge < -0.3 is 23.5 Å². The number of carbonyl (C=O) groups is 1. The molecule has 1 saturated heterocycles. The van der Waals surface area contributed by atoms with E-state index in [0.717, 1.165) is 47.4 Å². The summed E-state index contributed by atoms with van der Waals surface area (Å²) in [6.45, 7) is 3.91. The normalized spacial score (nSPS) is 16.0. The zero-order valence-corrected chi connectivity index (χ0v) is 19.3. The fraction of sp³-hybridized carbons (Fsp3) is 0.308. The van der Waals surface area contributed by atoms with Crippen LogP contribution >= 0.6 is 0 Å². The van der Waals surface area contributed by atoms with Crippen LogP contribution in [0.1, 0.15) is 15.9 Å².